The average Bonchev–Trinajstić information content (AvgIpc) is 3.55. The normalized spacial score (nSPS) is 24.2. The van der Waals surface area contributed by atoms with Gasteiger partial charge in [0.25, 0.3) is 0 Å². The van der Waals surface area contributed by atoms with E-state index in [0.29, 0.717) is 19.1 Å². The second-order valence-corrected chi connectivity index (χ2v) is 9.14. The Hall–Kier alpha value is -2.93. The quantitative estimate of drug-likeness (QED) is 0.612. The lowest BCUT2D eigenvalue weighted by Gasteiger charge is -2.28. The summed E-state index contributed by atoms with van der Waals surface area (Å²) in [7, 11) is 0. The lowest BCUT2D eigenvalue weighted by atomic mass is 9.75. The Kier molecular flexibility index (Phi) is 5.14. The van der Waals surface area contributed by atoms with Gasteiger partial charge in [0.15, 0.2) is 0 Å². The van der Waals surface area contributed by atoms with Crippen molar-refractivity contribution >= 4 is 5.91 Å². The fraction of sp³-hybridized carbons (Fsp3) is 0.458. The van der Waals surface area contributed by atoms with Gasteiger partial charge in [-0.1, -0.05) is 6.07 Å². The Morgan fingerprint density at radius 1 is 1.26 bits per heavy atom. The molecule has 3 aromatic heterocycles. The van der Waals surface area contributed by atoms with Crippen LogP contribution >= 0.6 is 0 Å². The molecule has 2 aliphatic heterocycles. The maximum atomic E-state index is 13.8. The third kappa shape index (κ3) is 3.67. The first kappa shape index (κ1) is 20.0. The molecule has 0 aromatic carbocycles. The van der Waals surface area contributed by atoms with E-state index in [1.165, 1.54) is 0 Å². The number of nitrogens with zero attached hydrogens (tertiary/aromatic N) is 5. The van der Waals surface area contributed by atoms with Crippen LogP contribution in [0.15, 0.2) is 59.9 Å². The number of likely N-dealkylation sites (tertiary alicyclic amines) is 2. The minimum Gasteiger partial charge on any atom is -0.468 e. The van der Waals surface area contributed by atoms with Gasteiger partial charge >= 0.3 is 0 Å². The van der Waals surface area contributed by atoms with Crippen molar-refractivity contribution in [1.82, 2.24) is 24.3 Å². The zero-order valence-electron chi connectivity index (χ0n) is 18.1. The molecule has 2 atom stereocenters. The number of rotatable bonds is 6. The summed E-state index contributed by atoms with van der Waals surface area (Å²) in [6.45, 7) is 7.93. The number of hydrogen-bond acceptors (Lipinski definition) is 5. The van der Waals surface area contributed by atoms with Gasteiger partial charge in [-0.05, 0) is 44.0 Å². The predicted octanol–water partition coefficient (Wildman–Crippen LogP) is 3.47. The number of carbonyl (C=O) groups excluding carboxylic acids is 1. The van der Waals surface area contributed by atoms with Crippen LogP contribution in [0, 0.1) is 5.41 Å². The second kappa shape index (κ2) is 7.96. The van der Waals surface area contributed by atoms with Crippen molar-refractivity contribution in [3.05, 3.63) is 72.5 Å². The molecule has 5 rings (SSSR count). The summed E-state index contributed by atoms with van der Waals surface area (Å²) in [4.78, 5) is 27.1. The first-order chi connectivity index (χ1) is 15.0. The third-order valence-corrected chi connectivity index (χ3v) is 6.79. The van der Waals surface area contributed by atoms with Crippen LogP contribution in [-0.4, -0.2) is 49.9 Å². The summed E-state index contributed by atoms with van der Waals surface area (Å²) >= 11 is 0. The molecule has 0 N–H and O–H groups in total. The molecule has 162 valence electrons. The highest BCUT2D eigenvalue weighted by atomic mass is 16.3. The molecule has 0 radical (unpaired) electrons. The molecular weight excluding hydrogens is 390 g/mol. The first-order valence-electron chi connectivity index (χ1n) is 11.0. The Morgan fingerprint density at radius 3 is 2.87 bits per heavy atom. The van der Waals surface area contributed by atoms with Gasteiger partial charge in [-0.3, -0.25) is 14.7 Å². The van der Waals surface area contributed by atoms with E-state index in [4.69, 9.17) is 9.40 Å². The summed E-state index contributed by atoms with van der Waals surface area (Å²) in [5, 5.41) is 0. The molecule has 0 unspecified atom stereocenters. The van der Waals surface area contributed by atoms with Crippen molar-refractivity contribution < 1.29 is 9.21 Å². The van der Waals surface area contributed by atoms with Crippen molar-refractivity contribution in [3.63, 3.8) is 0 Å². The van der Waals surface area contributed by atoms with Gasteiger partial charge in [0.2, 0.25) is 5.91 Å². The summed E-state index contributed by atoms with van der Waals surface area (Å²) in [6.07, 6.45) is 10.2. The molecule has 5 heterocycles. The zero-order valence-corrected chi connectivity index (χ0v) is 18.1. The van der Waals surface area contributed by atoms with Crippen LogP contribution in [0.1, 0.15) is 49.2 Å². The number of pyridine rings is 1. The van der Waals surface area contributed by atoms with Gasteiger partial charge < -0.3 is 13.9 Å². The van der Waals surface area contributed by atoms with E-state index in [2.05, 4.69) is 34.5 Å². The van der Waals surface area contributed by atoms with Crippen molar-refractivity contribution in [2.75, 3.05) is 19.6 Å². The first-order valence-corrected chi connectivity index (χ1v) is 11.0. The maximum Gasteiger partial charge on any atom is 0.231 e. The van der Waals surface area contributed by atoms with Crippen LogP contribution in [0.25, 0.3) is 0 Å². The number of furan rings is 1. The highest BCUT2D eigenvalue weighted by molar-refractivity contribution is 5.86. The molecule has 3 aromatic rings. The molecule has 31 heavy (non-hydrogen) atoms. The molecule has 2 aliphatic rings. The number of hydrogen-bond donors (Lipinski definition) is 0. The number of amides is 1. The summed E-state index contributed by atoms with van der Waals surface area (Å²) in [6, 6.07) is 8.22. The van der Waals surface area contributed by atoms with Crippen LogP contribution < -0.4 is 0 Å². The minimum atomic E-state index is -0.440. The van der Waals surface area contributed by atoms with E-state index >= 15 is 0 Å². The Bertz CT molecular complexity index is 1030. The minimum absolute atomic E-state index is 0.0776. The number of carbonyl (C=O) groups is 1. The SMILES string of the molecule is CC(C)n1cnc([C@@H]2CN(Cc3ccco3)C[C@@]23CCN(Cc2cccnc2)C3=O)c1. The lowest BCUT2D eigenvalue weighted by Crippen LogP contribution is -2.39. The summed E-state index contributed by atoms with van der Waals surface area (Å²) < 4.78 is 7.72. The average molecular weight is 420 g/mol. The van der Waals surface area contributed by atoms with E-state index in [1.54, 1.807) is 12.5 Å². The van der Waals surface area contributed by atoms with Crippen LogP contribution in [0.5, 0.6) is 0 Å². The molecule has 7 heteroatoms. The maximum absolute atomic E-state index is 13.8. The summed E-state index contributed by atoms with van der Waals surface area (Å²) in [5.74, 6) is 1.25. The molecule has 7 nitrogen and oxygen atoms in total. The fourth-order valence-corrected chi connectivity index (χ4v) is 5.13. The van der Waals surface area contributed by atoms with Gasteiger partial charge in [-0.2, -0.15) is 0 Å². The predicted molar refractivity (Wildman–Crippen MR) is 116 cm³/mol. The molecule has 2 fully saturated rings. The van der Waals surface area contributed by atoms with Crippen LogP contribution in [0.2, 0.25) is 0 Å². The summed E-state index contributed by atoms with van der Waals surface area (Å²) in [5.41, 5.74) is 1.65. The van der Waals surface area contributed by atoms with E-state index < -0.39 is 5.41 Å². The van der Waals surface area contributed by atoms with Crippen LogP contribution in [-0.2, 0) is 17.9 Å². The third-order valence-electron chi connectivity index (χ3n) is 6.79. The highest BCUT2D eigenvalue weighted by Crippen LogP contribution is 2.50. The zero-order chi connectivity index (χ0) is 21.4. The molecule has 0 saturated carbocycles. The van der Waals surface area contributed by atoms with E-state index in [9.17, 15) is 4.79 Å². The van der Waals surface area contributed by atoms with E-state index in [-0.39, 0.29) is 11.8 Å². The lowest BCUT2D eigenvalue weighted by molar-refractivity contribution is -0.136. The second-order valence-electron chi connectivity index (χ2n) is 9.14. The van der Waals surface area contributed by atoms with Crippen molar-refractivity contribution in [3.8, 4) is 0 Å². The molecule has 1 amide bonds. The van der Waals surface area contributed by atoms with Crippen LogP contribution in [0.3, 0.4) is 0 Å². The molecule has 0 bridgehead atoms. The smallest absolute Gasteiger partial charge is 0.231 e. The Morgan fingerprint density at radius 2 is 2.16 bits per heavy atom. The van der Waals surface area contributed by atoms with Gasteiger partial charge in [-0.25, -0.2) is 4.98 Å². The van der Waals surface area contributed by atoms with Crippen molar-refractivity contribution in [1.29, 1.82) is 0 Å². The standard InChI is InChI=1S/C24H29N5O2/c1-18(2)29-15-22(26-17-29)21-14-27(13-20-6-4-10-31-20)16-24(21)7-9-28(23(24)30)12-19-5-3-8-25-11-19/h3-6,8,10-11,15,17-18,21H,7,9,12-14,16H2,1-2H3/t21-,24-/m0/s1. The molecule has 0 aliphatic carbocycles. The van der Waals surface area contributed by atoms with Crippen LogP contribution in [0.4, 0.5) is 0 Å². The van der Waals surface area contributed by atoms with E-state index in [0.717, 1.165) is 43.1 Å². The molecule has 1 spiro atoms. The Balaban J connectivity index is 1.43. The van der Waals surface area contributed by atoms with Gasteiger partial charge in [-0.15, -0.1) is 0 Å². The topological polar surface area (TPSA) is 67.4 Å². The monoisotopic (exact) mass is 419 g/mol. The molecule has 2 saturated heterocycles. The van der Waals surface area contributed by atoms with Crippen molar-refractivity contribution in [2.45, 2.75) is 45.3 Å². The number of imidazole rings is 1. The van der Waals surface area contributed by atoms with Gasteiger partial charge in [0.1, 0.15) is 5.76 Å². The fourth-order valence-electron chi connectivity index (χ4n) is 5.13. The van der Waals surface area contributed by atoms with Gasteiger partial charge in [0, 0.05) is 56.7 Å². The highest BCUT2D eigenvalue weighted by Gasteiger charge is 2.57. The molecular formula is C24H29N5O2. The van der Waals surface area contributed by atoms with Crippen molar-refractivity contribution in [2.24, 2.45) is 5.41 Å². The number of aromatic nitrogens is 3. The van der Waals surface area contributed by atoms with E-state index in [1.807, 2.05) is 41.7 Å². The largest absolute Gasteiger partial charge is 0.468 e. The Labute approximate surface area is 182 Å². The van der Waals surface area contributed by atoms with Gasteiger partial charge in [0.05, 0.1) is 30.2 Å².